The highest BCUT2D eigenvalue weighted by molar-refractivity contribution is 6.03. The standard InChI is InChI=1S/C11H20O5/c1-4-7-8-11(14,9(12)15-5-2)10(13)16-6-3/h14H,4-8H2,1-3H3. The molecule has 0 spiro atoms. The van der Waals surface area contributed by atoms with E-state index in [4.69, 9.17) is 0 Å². The highest BCUT2D eigenvalue weighted by Gasteiger charge is 2.46. The summed E-state index contributed by atoms with van der Waals surface area (Å²) in [4.78, 5) is 23.0. The molecule has 1 N–H and O–H groups in total. The van der Waals surface area contributed by atoms with Crippen LogP contribution in [0.1, 0.15) is 40.0 Å². The summed E-state index contributed by atoms with van der Waals surface area (Å²) in [7, 11) is 0. The zero-order valence-electron chi connectivity index (χ0n) is 10.1. The Morgan fingerprint density at radius 3 is 1.81 bits per heavy atom. The quantitative estimate of drug-likeness (QED) is 0.524. The molecule has 0 fully saturated rings. The van der Waals surface area contributed by atoms with Crippen LogP contribution in [-0.4, -0.2) is 35.9 Å². The van der Waals surface area contributed by atoms with Gasteiger partial charge in [-0.15, -0.1) is 0 Å². The summed E-state index contributed by atoms with van der Waals surface area (Å²) in [6, 6.07) is 0. The van der Waals surface area contributed by atoms with Gasteiger partial charge in [-0.05, 0) is 26.7 Å². The third kappa shape index (κ3) is 3.81. The summed E-state index contributed by atoms with van der Waals surface area (Å²) in [5.74, 6) is -1.86. The molecule has 5 nitrogen and oxygen atoms in total. The van der Waals surface area contributed by atoms with Crippen molar-refractivity contribution in [2.24, 2.45) is 0 Å². The lowest BCUT2D eigenvalue weighted by Gasteiger charge is -2.23. The average Bonchev–Trinajstić information content (AvgIpc) is 2.26. The first-order chi connectivity index (χ1) is 7.52. The second-order valence-corrected chi connectivity index (χ2v) is 3.40. The van der Waals surface area contributed by atoms with Crippen molar-refractivity contribution in [3.05, 3.63) is 0 Å². The highest BCUT2D eigenvalue weighted by atomic mass is 16.6. The number of carbonyl (C=O) groups excluding carboxylic acids is 2. The average molecular weight is 232 g/mol. The number of rotatable bonds is 7. The Kier molecular flexibility index (Phi) is 6.72. The van der Waals surface area contributed by atoms with Crippen LogP contribution in [0.2, 0.25) is 0 Å². The molecule has 0 aliphatic heterocycles. The molecule has 0 aromatic rings. The van der Waals surface area contributed by atoms with Gasteiger partial charge in [0.15, 0.2) is 0 Å². The third-order valence-corrected chi connectivity index (χ3v) is 2.12. The van der Waals surface area contributed by atoms with E-state index in [0.717, 1.165) is 6.42 Å². The first-order valence-electron chi connectivity index (χ1n) is 5.59. The summed E-state index contributed by atoms with van der Waals surface area (Å²) in [5.41, 5.74) is -2.15. The minimum atomic E-state index is -2.15. The van der Waals surface area contributed by atoms with E-state index in [0.29, 0.717) is 6.42 Å². The van der Waals surface area contributed by atoms with Gasteiger partial charge in [0.25, 0.3) is 5.60 Å². The van der Waals surface area contributed by atoms with E-state index in [1.165, 1.54) is 0 Å². The van der Waals surface area contributed by atoms with Crippen LogP contribution in [0, 0.1) is 0 Å². The lowest BCUT2D eigenvalue weighted by atomic mass is 9.97. The molecule has 0 saturated carbocycles. The van der Waals surface area contributed by atoms with Crippen molar-refractivity contribution in [3.8, 4) is 0 Å². The zero-order valence-corrected chi connectivity index (χ0v) is 10.1. The van der Waals surface area contributed by atoms with Crippen LogP contribution in [0.3, 0.4) is 0 Å². The van der Waals surface area contributed by atoms with Gasteiger partial charge in [-0.25, -0.2) is 9.59 Å². The molecule has 0 atom stereocenters. The molecule has 0 rings (SSSR count). The fraction of sp³-hybridized carbons (Fsp3) is 0.818. The molecule has 5 heteroatoms. The van der Waals surface area contributed by atoms with Crippen molar-refractivity contribution in [2.45, 2.75) is 45.6 Å². The van der Waals surface area contributed by atoms with E-state index in [1.54, 1.807) is 13.8 Å². The van der Waals surface area contributed by atoms with Crippen LogP contribution in [-0.2, 0) is 19.1 Å². The van der Waals surface area contributed by atoms with E-state index >= 15 is 0 Å². The molecule has 0 amide bonds. The number of unbranched alkanes of at least 4 members (excludes halogenated alkanes) is 1. The fourth-order valence-electron chi connectivity index (χ4n) is 1.22. The molecule has 0 unspecified atom stereocenters. The van der Waals surface area contributed by atoms with Crippen LogP contribution in [0.25, 0.3) is 0 Å². The third-order valence-electron chi connectivity index (χ3n) is 2.12. The van der Waals surface area contributed by atoms with E-state index in [9.17, 15) is 14.7 Å². The largest absolute Gasteiger partial charge is 0.463 e. The summed E-state index contributed by atoms with van der Waals surface area (Å²) >= 11 is 0. The molecular weight excluding hydrogens is 212 g/mol. The predicted molar refractivity (Wildman–Crippen MR) is 57.7 cm³/mol. The Morgan fingerprint density at radius 2 is 1.50 bits per heavy atom. The van der Waals surface area contributed by atoms with E-state index in [-0.39, 0.29) is 19.6 Å². The Bertz CT molecular complexity index is 219. The maximum Gasteiger partial charge on any atom is 0.350 e. The van der Waals surface area contributed by atoms with Crippen molar-refractivity contribution >= 4 is 11.9 Å². The number of hydrogen-bond acceptors (Lipinski definition) is 5. The van der Waals surface area contributed by atoms with Crippen LogP contribution < -0.4 is 0 Å². The molecule has 0 saturated heterocycles. The Balaban J connectivity index is 4.71. The van der Waals surface area contributed by atoms with Gasteiger partial charge in [0, 0.05) is 0 Å². The normalized spacial score (nSPS) is 11.0. The number of aliphatic hydroxyl groups is 1. The molecule has 0 radical (unpaired) electrons. The highest BCUT2D eigenvalue weighted by Crippen LogP contribution is 2.18. The molecule has 0 aromatic heterocycles. The summed E-state index contributed by atoms with van der Waals surface area (Å²) in [6.07, 6.45) is 1.34. The van der Waals surface area contributed by atoms with Crippen LogP contribution in [0.15, 0.2) is 0 Å². The molecule has 0 bridgehead atoms. The second kappa shape index (κ2) is 7.22. The van der Waals surface area contributed by atoms with Crippen LogP contribution in [0.4, 0.5) is 0 Å². The number of hydrogen-bond donors (Lipinski definition) is 1. The minimum Gasteiger partial charge on any atom is -0.463 e. The first kappa shape index (κ1) is 14.9. The maximum atomic E-state index is 11.5. The predicted octanol–water partition coefficient (Wildman–Crippen LogP) is 1.03. The van der Waals surface area contributed by atoms with Crippen molar-refractivity contribution < 1.29 is 24.2 Å². The molecule has 0 aromatic carbocycles. The van der Waals surface area contributed by atoms with Gasteiger partial charge in [-0.1, -0.05) is 13.3 Å². The van der Waals surface area contributed by atoms with E-state index in [1.807, 2.05) is 6.92 Å². The molecule has 16 heavy (non-hydrogen) atoms. The van der Waals surface area contributed by atoms with Crippen molar-refractivity contribution in [1.82, 2.24) is 0 Å². The lowest BCUT2D eigenvalue weighted by molar-refractivity contribution is -0.184. The van der Waals surface area contributed by atoms with Gasteiger partial charge >= 0.3 is 11.9 Å². The topological polar surface area (TPSA) is 72.8 Å². The molecule has 0 heterocycles. The number of esters is 2. The summed E-state index contributed by atoms with van der Waals surface area (Å²) in [6.45, 7) is 5.36. The van der Waals surface area contributed by atoms with Crippen molar-refractivity contribution in [3.63, 3.8) is 0 Å². The van der Waals surface area contributed by atoms with Crippen molar-refractivity contribution in [2.75, 3.05) is 13.2 Å². The SMILES string of the molecule is CCCCC(O)(C(=O)OCC)C(=O)OCC. The first-order valence-corrected chi connectivity index (χ1v) is 5.59. The Hall–Kier alpha value is -1.10. The molecular formula is C11H20O5. The Morgan fingerprint density at radius 1 is 1.06 bits per heavy atom. The monoisotopic (exact) mass is 232 g/mol. The van der Waals surface area contributed by atoms with Gasteiger partial charge in [-0.3, -0.25) is 0 Å². The Labute approximate surface area is 95.7 Å². The van der Waals surface area contributed by atoms with Gasteiger partial charge in [0.1, 0.15) is 0 Å². The van der Waals surface area contributed by atoms with Gasteiger partial charge in [0.2, 0.25) is 0 Å². The van der Waals surface area contributed by atoms with Crippen LogP contribution in [0.5, 0.6) is 0 Å². The summed E-state index contributed by atoms with van der Waals surface area (Å²) in [5, 5.41) is 9.99. The number of carbonyl (C=O) groups is 2. The van der Waals surface area contributed by atoms with E-state index in [2.05, 4.69) is 9.47 Å². The second-order valence-electron chi connectivity index (χ2n) is 3.40. The van der Waals surface area contributed by atoms with Gasteiger partial charge in [-0.2, -0.15) is 0 Å². The minimum absolute atomic E-state index is 0.0289. The number of ether oxygens (including phenoxy) is 2. The van der Waals surface area contributed by atoms with E-state index < -0.39 is 17.5 Å². The maximum absolute atomic E-state index is 11.5. The lowest BCUT2D eigenvalue weighted by Crippen LogP contribution is -2.48. The summed E-state index contributed by atoms with van der Waals surface area (Å²) < 4.78 is 9.36. The van der Waals surface area contributed by atoms with Gasteiger partial charge in [0.05, 0.1) is 13.2 Å². The van der Waals surface area contributed by atoms with Crippen molar-refractivity contribution in [1.29, 1.82) is 0 Å². The smallest absolute Gasteiger partial charge is 0.350 e. The molecule has 0 aliphatic carbocycles. The van der Waals surface area contributed by atoms with Gasteiger partial charge < -0.3 is 14.6 Å². The molecule has 0 aliphatic rings. The molecule has 94 valence electrons. The van der Waals surface area contributed by atoms with Crippen LogP contribution >= 0.6 is 0 Å². The zero-order chi connectivity index (χ0) is 12.6. The fourth-order valence-corrected chi connectivity index (χ4v) is 1.22.